The molecule has 0 aromatic heterocycles. The van der Waals surface area contributed by atoms with Gasteiger partial charge in [0.05, 0.1) is 11.3 Å². The van der Waals surface area contributed by atoms with Crippen LogP contribution in [0.3, 0.4) is 0 Å². The van der Waals surface area contributed by atoms with Crippen molar-refractivity contribution in [2.24, 2.45) is 0 Å². The second-order valence-corrected chi connectivity index (χ2v) is 4.96. The molecule has 1 unspecified atom stereocenters. The monoisotopic (exact) mass is 220 g/mol. The number of nitrogens with zero attached hydrogens (tertiary/aromatic N) is 2. The van der Waals surface area contributed by atoms with Crippen molar-refractivity contribution in [3.05, 3.63) is 29.8 Å². The molecule has 1 aromatic carbocycles. The summed E-state index contributed by atoms with van der Waals surface area (Å²) in [6.07, 6.45) is 2.06. The molecule has 4 heteroatoms. The Morgan fingerprint density at radius 2 is 2.13 bits per heavy atom. The molecule has 0 amide bonds. The lowest BCUT2D eigenvalue weighted by molar-refractivity contribution is 0.659. The third-order valence-corrected chi connectivity index (χ3v) is 3.98. The quantitative estimate of drug-likeness (QED) is 0.724. The number of anilines is 1. The molecule has 1 fully saturated rings. The number of nitriles is 1. The molecule has 78 valence electrons. The van der Waals surface area contributed by atoms with Crippen molar-refractivity contribution >= 4 is 16.7 Å². The van der Waals surface area contributed by atoms with Crippen molar-refractivity contribution in [1.29, 1.82) is 5.26 Å². The minimum atomic E-state index is -0.959. The minimum Gasteiger partial charge on any atom is -0.290 e. The molecule has 15 heavy (non-hydrogen) atoms. The van der Waals surface area contributed by atoms with Crippen LogP contribution in [0.15, 0.2) is 24.3 Å². The summed E-state index contributed by atoms with van der Waals surface area (Å²) in [7, 11) is -0.959. The first-order valence-electron chi connectivity index (χ1n) is 4.98. The predicted molar refractivity (Wildman–Crippen MR) is 60.7 cm³/mol. The third-order valence-electron chi connectivity index (χ3n) is 2.47. The fourth-order valence-corrected chi connectivity index (χ4v) is 3.09. The topological polar surface area (TPSA) is 44.1 Å². The Morgan fingerprint density at radius 1 is 1.33 bits per heavy atom. The molecule has 0 saturated carbocycles. The molecule has 1 saturated heterocycles. The fourth-order valence-electron chi connectivity index (χ4n) is 1.71. The van der Waals surface area contributed by atoms with Crippen LogP contribution in [0, 0.1) is 11.3 Å². The van der Waals surface area contributed by atoms with E-state index in [2.05, 4.69) is 6.07 Å². The second-order valence-electron chi connectivity index (χ2n) is 3.46. The summed E-state index contributed by atoms with van der Waals surface area (Å²) in [6, 6.07) is 9.47. The zero-order chi connectivity index (χ0) is 10.7. The average molecular weight is 220 g/mol. The van der Waals surface area contributed by atoms with E-state index in [-0.39, 0.29) is 0 Å². The highest BCUT2D eigenvalue weighted by molar-refractivity contribution is 7.86. The van der Waals surface area contributed by atoms with E-state index in [1.807, 2.05) is 22.5 Å². The first-order chi connectivity index (χ1) is 7.33. The van der Waals surface area contributed by atoms with Gasteiger partial charge in [-0.25, -0.2) is 4.21 Å². The van der Waals surface area contributed by atoms with Crippen LogP contribution in [-0.4, -0.2) is 16.5 Å². The molecule has 1 aliphatic heterocycles. The van der Waals surface area contributed by atoms with E-state index in [0.29, 0.717) is 11.3 Å². The van der Waals surface area contributed by atoms with Gasteiger partial charge in [-0.3, -0.25) is 4.31 Å². The molecule has 1 aromatic rings. The lowest BCUT2D eigenvalue weighted by atomic mass is 10.2. The predicted octanol–water partition coefficient (Wildman–Crippen LogP) is 1.82. The minimum absolute atomic E-state index is 0.604. The Hall–Kier alpha value is -1.34. The third kappa shape index (κ3) is 2.02. The molecule has 1 atom stereocenters. The van der Waals surface area contributed by atoms with Gasteiger partial charge in [0.25, 0.3) is 0 Å². The lowest BCUT2D eigenvalue weighted by Gasteiger charge is -2.27. The van der Waals surface area contributed by atoms with Crippen molar-refractivity contribution in [3.63, 3.8) is 0 Å². The van der Waals surface area contributed by atoms with Crippen LogP contribution in [0.5, 0.6) is 0 Å². The largest absolute Gasteiger partial charge is 0.290 e. The van der Waals surface area contributed by atoms with Gasteiger partial charge in [-0.1, -0.05) is 12.1 Å². The summed E-state index contributed by atoms with van der Waals surface area (Å²) in [6.45, 7) is 0.783. The summed E-state index contributed by atoms with van der Waals surface area (Å²) in [5.74, 6) is 0.708. The van der Waals surface area contributed by atoms with E-state index < -0.39 is 11.0 Å². The van der Waals surface area contributed by atoms with E-state index in [9.17, 15) is 4.21 Å². The zero-order valence-corrected chi connectivity index (χ0v) is 9.17. The highest BCUT2D eigenvalue weighted by atomic mass is 32.2. The molecule has 0 N–H and O–H groups in total. The molecular formula is C11H12N2OS. The van der Waals surface area contributed by atoms with Crippen molar-refractivity contribution in [2.45, 2.75) is 12.8 Å². The number of hydrogen-bond donors (Lipinski definition) is 0. The molecule has 0 aliphatic carbocycles. The molecule has 1 aliphatic rings. The molecule has 0 radical (unpaired) electrons. The molecular weight excluding hydrogens is 208 g/mol. The maximum Gasteiger partial charge on any atom is 0.119 e. The van der Waals surface area contributed by atoms with Crippen molar-refractivity contribution in [2.75, 3.05) is 16.6 Å². The van der Waals surface area contributed by atoms with Crippen LogP contribution in [0.2, 0.25) is 0 Å². The summed E-state index contributed by atoms with van der Waals surface area (Å²) < 4.78 is 13.6. The number of para-hydroxylation sites is 1. The standard InChI is InChI=1S/C11H12N2OS/c12-9-10-5-1-2-6-11(10)13-7-3-4-8-15(13)14/h1-2,5-6H,3-4,7-8H2. The van der Waals surface area contributed by atoms with Gasteiger partial charge >= 0.3 is 0 Å². The molecule has 0 bridgehead atoms. The summed E-state index contributed by atoms with van der Waals surface area (Å²) in [4.78, 5) is 0. The molecule has 1 heterocycles. The molecule has 0 spiro atoms. The van der Waals surface area contributed by atoms with E-state index >= 15 is 0 Å². The van der Waals surface area contributed by atoms with E-state index in [1.54, 1.807) is 6.07 Å². The summed E-state index contributed by atoms with van der Waals surface area (Å²) in [5, 5.41) is 8.96. The smallest absolute Gasteiger partial charge is 0.119 e. The first kappa shape index (κ1) is 10.2. The van der Waals surface area contributed by atoms with Gasteiger partial charge in [0.1, 0.15) is 17.1 Å². The zero-order valence-electron chi connectivity index (χ0n) is 8.35. The average Bonchev–Trinajstić information content (AvgIpc) is 2.30. The lowest BCUT2D eigenvalue weighted by Crippen LogP contribution is -2.33. The van der Waals surface area contributed by atoms with Gasteiger partial charge in [0, 0.05) is 12.3 Å². The van der Waals surface area contributed by atoms with E-state index in [4.69, 9.17) is 5.26 Å². The van der Waals surface area contributed by atoms with Gasteiger partial charge in [-0.05, 0) is 25.0 Å². The van der Waals surface area contributed by atoms with Crippen molar-refractivity contribution < 1.29 is 4.21 Å². The normalized spacial score (nSPS) is 21.0. The van der Waals surface area contributed by atoms with Crippen molar-refractivity contribution in [3.8, 4) is 6.07 Å². The van der Waals surface area contributed by atoms with E-state index in [1.165, 1.54) is 0 Å². The highest BCUT2D eigenvalue weighted by Gasteiger charge is 2.20. The van der Waals surface area contributed by atoms with Crippen molar-refractivity contribution in [1.82, 2.24) is 0 Å². The highest BCUT2D eigenvalue weighted by Crippen LogP contribution is 2.24. The molecule has 2 rings (SSSR count). The van der Waals surface area contributed by atoms with Crippen LogP contribution in [0.25, 0.3) is 0 Å². The Balaban J connectivity index is 2.36. The Morgan fingerprint density at radius 3 is 2.87 bits per heavy atom. The van der Waals surface area contributed by atoms with Crippen LogP contribution in [-0.2, 0) is 11.0 Å². The number of hydrogen-bond acceptors (Lipinski definition) is 2. The second kappa shape index (κ2) is 4.45. The Labute approximate surface area is 91.9 Å². The maximum atomic E-state index is 11.8. The van der Waals surface area contributed by atoms with Gasteiger partial charge < -0.3 is 0 Å². The van der Waals surface area contributed by atoms with Crippen LogP contribution < -0.4 is 4.31 Å². The Kier molecular flexibility index (Phi) is 3.02. The first-order valence-corrected chi connectivity index (χ1v) is 6.25. The maximum absolute atomic E-state index is 11.8. The van der Waals surface area contributed by atoms with Gasteiger partial charge in [-0.15, -0.1) is 0 Å². The van der Waals surface area contributed by atoms with Crippen LogP contribution >= 0.6 is 0 Å². The van der Waals surface area contributed by atoms with Crippen LogP contribution in [0.1, 0.15) is 18.4 Å². The van der Waals surface area contributed by atoms with Gasteiger partial charge in [0.2, 0.25) is 0 Å². The fraction of sp³-hybridized carbons (Fsp3) is 0.364. The summed E-state index contributed by atoms with van der Waals surface area (Å²) >= 11 is 0. The SMILES string of the molecule is N#Cc1ccccc1N1CCCCS1=O. The molecule has 3 nitrogen and oxygen atoms in total. The Bertz CT molecular complexity index is 425. The van der Waals surface area contributed by atoms with E-state index in [0.717, 1.165) is 25.1 Å². The van der Waals surface area contributed by atoms with Crippen LogP contribution in [0.4, 0.5) is 5.69 Å². The van der Waals surface area contributed by atoms with Gasteiger partial charge in [0.15, 0.2) is 0 Å². The summed E-state index contributed by atoms with van der Waals surface area (Å²) in [5.41, 5.74) is 1.41. The van der Waals surface area contributed by atoms with Gasteiger partial charge in [-0.2, -0.15) is 5.26 Å². The number of rotatable bonds is 1. The number of benzene rings is 1.